The zero-order chi connectivity index (χ0) is 16.7. The number of guanidine groups is 1. The van der Waals surface area contributed by atoms with Crippen molar-refractivity contribution < 1.29 is 9.84 Å². The van der Waals surface area contributed by atoms with E-state index in [4.69, 9.17) is 4.74 Å². The highest BCUT2D eigenvalue weighted by Gasteiger charge is 2.24. The fourth-order valence-electron chi connectivity index (χ4n) is 2.46. The normalized spacial score (nSPS) is 12.5. The highest BCUT2D eigenvalue weighted by molar-refractivity contribution is 5.79. The van der Waals surface area contributed by atoms with Gasteiger partial charge in [0, 0.05) is 26.3 Å². The Labute approximate surface area is 136 Å². The van der Waals surface area contributed by atoms with E-state index >= 15 is 0 Å². The van der Waals surface area contributed by atoms with Crippen LogP contribution in [0.15, 0.2) is 4.99 Å². The van der Waals surface area contributed by atoms with E-state index in [1.807, 2.05) is 6.92 Å². The van der Waals surface area contributed by atoms with Crippen LogP contribution < -0.4 is 10.6 Å². The van der Waals surface area contributed by atoms with Crippen LogP contribution in [0.2, 0.25) is 0 Å². The van der Waals surface area contributed by atoms with Gasteiger partial charge in [0.05, 0.1) is 12.1 Å². The van der Waals surface area contributed by atoms with Crippen LogP contribution in [0, 0.1) is 0 Å². The van der Waals surface area contributed by atoms with Gasteiger partial charge in [-0.05, 0) is 39.5 Å². The van der Waals surface area contributed by atoms with Gasteiger partial charge in [-0.2, -0.15) is 0 Å². The Balaban J connectivity index is 4.27. The fraction of sp³-hybridized carbons (Fsp3) is 0.941. The SMILES string of the molecule is CCCC(O)(CCC)CN=C(NCC)NCCCCOCC. The van der Waals surface area contributed by atoms with Crippen molar-refractivity contribution >= 4 is 5.96 Å². The first-order chi connectivity index (χ1) is 10.6. The van der Waals surface area contributed by atoms with Gasteiger partial charge in [0.1, 0.15) is 0 Å². The Morgan fingerprint density at radius 2 is 1.73 bits per heavy atom. The number of nitrogens with zero attached hydrogens (tertiary/aromatic N) is 1. The summed E-state index contributed by atoms with van der Waals surface area (Å²) in [6.45, 7) is 12.0. The summed E-state index contributed by atoms with van der Waals surface area (Å²) >= 11 is 0. The molecule has 0 spiro atoms. The molecule has 0 heterocycles. The molecule has 5 nitrogen and oxygen atoms in total. The van der Waals surface area contributed by atoms with Crippen LogP contribution in [-0.2, 0) is 4.74 Å². The zero-order valence-electron chi connectivity index (χ0n) is 15.1. The molecule has 0 aromatic rings. The summed E-state index contributed by atoms with van der Waals surface area (Å²) in [4.78, 5) is 4.57. The Bertz CT molecular complexity index is 277. The van der Waals surface area contributed by atoms with Gasteiger partial charge >= 0.3 is 0 Å². The summed E-state index contributed by atoms with van der Waals surface area (Å²) < 4.78 is 5.33. The molecule has 0 aliphatic rings. The molecular formula is C17H37N3O2. The molecule has 0 saturated carbocycles. The van der Waals surface area contributed by atoms with Crippen LogP contribution in [0.25, 0.3) is 0 Å². The average Bonchev–Trinajstić information content (AvgIpc) is 2.49. The lowest BCUT2D eigenvalue weighted by Crippen LogP contribution is -2.40. The predicted molar refractivity (Wildman–Crippen MR) is 94.5 cm³/mol. The van der Waals surface area contributed by atoms with Gasteiger partial charge in [-0.15, -0.1) is 0 Å². The standard InChI is InChI=1S/C17H37N3O2/c1-5-11-17(21,12-6-2)15-20-16(18-7-3)19-13-9-10-14-22-8-4/h21H,5-15H2,1-4H3,(H2,18,19,20). The molecule has 0 aliphatic carbocycles. The summed E-state index contributed by atoms with van der Waals surface area (Å²) in [5, 5.41) is 17.2. The molecule has 132 valence electrons. The third-order valence-corrected chi connectivity index (χ3v) is 3.52. The van der Waals surface area contributed by atoms with Gasteiger partial charge in [0.15, 0.2) is 5.96 Å². The van der Waals surface area contributed by atoms with Crippen molar-refractivity contribution in [2.24, 2.45) is 4.99 Å². The van der Waals surface area contributed by atoms with Crippen molar-refractivity contribution in [2.75, 3.05) is 32.8 Å². The first-order valence-corrected chi connectivity index (χ1v) is 8.94. The Kier molecular flexibility index (Phi) is 13.3. The van der Waals surface area contributed by atoms with E-state index in [9.17, 15) is 5.11 Å². The predicted octanol–water partition coefficient (Wildman–Crippen LogP) is 2.69. The zero-order valence-corrected chi connectivity index (χ0v) is 15.1. The second kappa shape index (κ2) is 13.8. The Hall–Kier alpha value is -0.810. The van der Waals surface area contributed by atoms with Gasteiger partial charge in [-0.1, -0.05) is 26.7 Å². The minimum atomic E-state index is -0.666. The second-order valence-electron chi connectivity index (χ2n) is 5.75. The minimum Gasteiger partial charge on any atom is -0.388 e. The van der Waals surface area contributed by atoms with Crippen molar-refractivity contribution in [1.82, 2.24) is 10.6 Å². The van der Waals surface area contributed by atoms with Gasteiger partial charge < -0.3 is 20.5 Å². The van der Waals surface area contributed by atoms with E-state index in [0.29, 0.717) is 6.54 Å². The van der Waals surface area contributed by atoms with E-state index in [1.54, 1.807) is 0 Å². The van der Waals surface area contributed by atoms with Gasteiger partial charge in [-0.25, -0.2) is 0 Å². The monoisotopic (exact) mass is 315 g/mol. The van der Waals surface area contributed by atoms with E-state index < -0.39 is 5.60 Å². The molecule has 0 bridgehead atoms. The number of rotatable bonds is 13. The van der Waals surface area contributed by atoms with Crippen molar-refractivity contribution in [3.8, 4) is 0 Å². The third kappa shape index (κ3) is 10.9. The molecule has 0 rings (SSSR count). The van der Waals surface area contributed by atoms with E-state index in [2.05, 4.69) is 36.4 Å². The van der Waals surface area contributed by atoms with Crippen LogP contribution in [-0.4, -0.2) is 49.5 Å². The number of unbranched alkanes of at least 4 members (excludes halogenated alkanes) is 1. The molecule has 0 aliphatic heterocycles. The molecular weight excluding hydrogens is 278 g/mol. The quantitative estimate of drug-likeness (QED) is 0.278. The third-order valence-electron chi connectivity index (χ3n) is 3.52. The Morgan fingerprint density at radius 3 is 2.27 bits per heavy atom. The summed E-state index contributed by atoms with van der Waals surface area (Å²) in [5.74, 6) is 0.796. The largest absolute Gasteiger partial charge is 0.388 e. The van der Waals surface area contributed by atoms with E-state index in [0.717, 1.165) is 70.8 Å². The van der Waals surface area contributed by atoms with Crippen molar-refractivity contribution in [1.29, 1.82) is 0 Å². The molecule has 0 atom stereocenters. The number of ether oxygens (including phenoxy) is 1. The van der Waals surface area contributed by atoms with E-state index in [1.165, 1.54) is 0 Å². The van der Waals surface area contributed by atoms with Crippen molar-refractivity contribution in [2.45, 2.75) is 71.8 Å². The first kappa shape index (κ1) is 21.2. The molecule has 5 heteroatoms. The fourth-order valence-corrected chi connectivity index (χ4v) is 2.46. The Morgan fingerprint density at radius 1 is 1.05 bits per heavy atom. The minimum absolute atomic E-state index is 0.461. The van der Waals surface area contributed by atoms with Crippen LogP contribution in [0.1, 0.15) is 66.2 Å². The lowest BCUT2D eigenvalue weighted by molar-refractivity contribution is 0.0306. The first-order valence-electron chi connectivity index (χ1n) is 8.94. The van der Waals surface area contributed by atoms with E-state index in [-0.39, 0.29) is 0 Å². The van der Waals surface area contributed by atoms with Crippen molar-refractivity contribution in [3.63, 3.8) is 0 Å². The molecule has 22 heavy (non-hydrogen) atoms. The number of aliphatic imine (C=N–C) groups is 1. The molecule has 0 radical (unpaired) electrons. The van der Waals surface area contributed by atoms with Crippen LogP contribution in [0.4, 0.5) is 0 Å². The highest BCUT2D eigenvalue weighted by atomic mass is 16.5. The van der Waals surface area contributed by atoms with Crippen LogP contribution in [0.5, 0.6) is 0 Å². The second-order valence-corrected chi connectivity index (χ2v) is 5.75. The summed E-state index contributed by atoms with van der Waals surface area (Å²) in [6, 6.07) is 0. The summed E-state index contributed by atoms with van der Waals surface area (Å²) in [6.07, 6.45) is 5.67. The lowest BCUT2D eigenvalue weighted by Gasteiger charge is -2.26. The van der Waals surface area contributed by atoms with Gasteiger partial charge in [-0.3, -0.25) is 4.99 Å². The summed E-state index contributed by atoms with van der Waals surface area (Å²) in [7, 11) is 0. The molecule has 0 saturated heterocycles. The van der Waals surface area contributed by atoms with Gasteiger partial charge in [0.25, 0.3) is 0 Å². The van der Waals surface area contributed by atoms with Crippen molar-refractivity contribution in [3.05, 3.63) is 0 Å². The molecule has 3 N–H and O–H groups in total. The maximum absolute atomic E-state index is 10.6. The van der Waals surface area contributed by atoms with Crippen LogP contribution in [0.3, 0.4) is 0 Å². The van der Waals surface area contributed by atoms with Gasteiger partial charge in [0.2, 0.25) is 0 Å². The molecule has 0 aromatic carbocycles. The maximum Gasteiger partial charge on any atom is 0.191 e. The maximum atomic E-state index is 10.6. The summed E-state index contributed by atoms with van der Waals surface area (Å²) in [5.41, 5.74) is -0.666. The number of nitrogens with one attached hydrogen (secondary N) is 2. The molecule has 0 unspecified atom stereocenters. The number of aliphatic hydroxyl groups is 1. The highest BCUT2D eigenvalue weighted by Crippen LogP contribution is 2.19. The average molecular weight is 316 g/mol. The molecule has 0 amide bonds. The molecule has 0 fully saturated rings. The smallest absolute Gasteiger partial charge is 0.191 e. The number of hydrogen-bond acceptors (Lipinski definition) is 3. The topological polar surface area (TPSA) is 65.9 Å². The lowest BCUT2D eigenvalue weighted by atomic mass is 9.93. The number of hydrogen-bond donors (Lipinski definition) is 3. The molecule has 0 aromatic heterocycles. The van der Waals surface area contributed by atoms with Crippen LogP contribution >= 0.6 is 0 Å².